The fourth-order valence-corrected chi connectivity index (χ4v) is 4.78. The van der Waals surface area contributed by atoms with E-state index < -0.39 is 16.1 Å². The first-order valence-corrected chi connectivity index (χ1v) is 10.4. The standard InChI is InChI=1S/C19H20N4O4S/c1-14-6-8-15(9-7-14)26-13-18-21-19(22-27-18)17-5-3-11-23(17)28(24,25)16-4-2-10-20-12-16/h2,4,6-10,12,17H,3,5,11,13H2,1H3. The van der Waals surface area contributed by atoms with E-state index in [4.69, 9.17) is 9.26 Å². The van der Waals surface area contributed by atoms with E-state index in [1.54, 1.807) is 12.3 Å². The Labute approximate surface area is 163 Å². The van der Waals surface area contributed by atoms with E-state index >= 15 is 0 Å². The molecular formula is C19H20N4O4S. The highest BCUT2D eigenvalue weighted by Gasteiger charge is 2.38. The van der Waals surface area contributed by atoms with Gasteiger partial charge in [0.15, 0.2) is 12.4 Å². The van der Waals surface area contributed by atoms with Gasteiger partial charge in [-0.2, -0.15) is 9.29 Å². The van der Waals surface area contributed by atoms with Crippen molar-refractivity contribution in [1.82, 2.24) is 19.4 Å². The number of benzene rings is 1. The maximum Gasteiger partial charge on any atom is 0.264 e. The molecule has 0 bridgehead atoms. The lowest BCUT2D eigenvalue weighted by molar-refractivity contribution is 0.241. The first kappa shape index (κ1) is 18.6. The van der Waals surface area contributed by atoms with Crippen LogP contribution in [-0.4, -0.2) is 34.4 Å². The van der Waals surface area contributed by atoms with Crippen LogP contribution in [0.25, 0.3) is 0 Å². The Morgan fingerprint density at radius 3 is 2.82 bits per heavy atom. The summed E-state index contributed by atoms with van der Waals surface area (Å²) in [4.78, 5) is 8.43. The molecule has 0 radical (unpaired) electrons. The van der Waals surface area contributed by atoms with Crippen LogP contribution in [0.3, 0.4) is 0 Å². The normalized spacial score (nSPS) is 17.7. The first-order valence-electron chi connectivity index (χ1n) is 8.98. The molecule has 1 unspecified atom stereocenters. The van der Waals surface area contributed by atoms with E-state index in [2.05, 4.69) is 15.1 Å². The van der Waals surface area contributed by atoms with Crippen LogP contribution in [-0.2, 0) is 16.6 Å². The molecule has 4 rings (SSSR count). The molecule has 0 N–H and O–H groups in total. The number of nitrogens with zero attached hydrogens (tertiary/aromatic N) is 4. The fraction of sp³-hybridized carbons (Fsp3) is 0.316. The highest BCUT2D eigenvalue weighted by Crippen LogP contribution is 2.35. The summed E-state index contributed by atoms with van der Waals surface area (Å²) in [5, 5.41) is 3.99. The van der Waals surface area contributed by atoms with Crippen molar-refractivity contribution in [3.63, 3.8) is 0 Å². The molecule has 1 aromatic carbocycles. The highest BCUT2D eigenvalue weighted by molar-refractivity contribution is 7.89. The summed E-state index contributed by atoms with van der Waals surface area (Å²) in [6.45, 7) is 2.53. The molecule has 1 atom stereocenters. The lowest BCUT2D eigenvalue weighted by Crippen LogP contribution is -2.31. The first-order chi connectivity index (χ1) is 13.5. The third-order valence-electron chi connectivity index (χ3n) is 4.61. The molecule has 0 spiro atoms. The predicted molar refractivity (Wildman–Crippen MR) is 99.9 cm³/mol. The molecule has 0 saturated carbocycles. The Hall–Kier alpha value is -2.78. The van der Waals surface area contributed by atoms with Crippen molar-refractivity contribution >= 4 is 10.0 Å². The number of aryl methyl sites for hydroxylation is 1. The van der Waals surface area contributed by atoms with Crippen molar-refractivity contribution in [3.8, 4) is 5.75 Å². The molecule has 146 valence electrons. The van der Waals surface area contributed by atoms with Gasteiger partial charge < -0.3 is 9.26 Å². The van der Waals surface area contributed by atoms with Crippen LogP contribution in [0.2, 0.25) is 0 Å². The van der Waals surface area contributed by atoms with Crippen LogP contribution in [0.1, 0.15) is 36.2 Å². The zero-order chi connectivity index (χ0) is 19.6. The Balaban J connectivity index is 1.49. The van der Waals surface area contributed by atoms with Crippen molar-refractivity contribution in [3.05, 3.63) is 66.1 Å². The number of ether oxygens (including phenoxy) is 1. The van der Waals surface area contributed by atoms with Gasteiger partial charge in [-0.05, 0) is 44.0 Å². The number of sulfonamides is 1. The van der Waals surface area contributed by atoms with Gasteiger partial charge in [-0.25, -0.2) is 8.42 Å². The third-order valence-corrected chi connectivity index (χ3v) is 6.50. The van der Waals surface area contributed by atoms with Gasteiger partial charge in [0.1, 0.15) is 10.6 Å². The van der Waals surface area contributed by atoms with Crippen molar-refractivity contribution < 1.29 is 17.7 Å². The summed E-state index contributed by atoms with van der Waals surface area (Å²) in [6.07, 6.45) is 4.26. The minimum atomic E-state index is -3.67. The third kappa shape index (κ3) is 3.76. The topological polar surface area (TPSA) is 98.4 Å². The van der Waals surface area contributed by atoms with Gasteiger partial charge in [0, 0.05) is 18.9 Å². The number of hydrogen-bond acceptors (Lipinski definition) is 7. The maximum atomic E-state index is 12.9. The number of aromatic nitrogens is 3. The quantitative estimate of drug-likeness (QED) is 0.627. The molecule has 0 amide bonds. The van der Waals surface area contributed by atoms with Gasteiger partial charge >= 0.3 is 0 Å². The molecule has 3 heterocycles. The van der Waals surface area contributed by atoms with E-state index in [9.17, 15) is 8.42 Å². The maximum absolute atomic E-state index is 12.9. The second-order valence-electron chi connectivity index (χ2n) is 6.61. The lowest BCUT2D eigenvalue weighted by atomic mass is 10.2. The Bertz CT molecular complexity index is 1040. The summed E-state index contributed by atoms with van der Waals surface area (Å²) >= 11 is 0. The van der Waals surface area contributed by atoms with Crippen molar-refractivity contribution in [2.45, 2.75) is 37.3 Å². The number of pyridine rings is 1. The molecule has 1 aliphatic rings. The van der Waals surface area contributed by atoms with Crippen LogP contribution >= 0.6 is 0 Å². The van der Waals surface area contributed by atoms with Crippen molar-refractivity contribution in [1.29, 1.82) is 0 Å². The molecule has 28 heavy (non-hydrogen) atoms. The molecule has 2 aromatic heterocycles. The van der Waals surface area contributed by atoms with Gasteiger partial charge in [0.25, 0.3) is 5.89 Å². The van der Waals surface area contributed by atoms with Gasteiger partial charge in [-0.15, -0.1) is 0 Å². The van der Waals surface area contributed by atoms with Crippen LogP contribution in [0.4, 0.5) is 0 Å². The van der Waals surface area contributed by atoms with Crippen molar-refractivity contribution in [2.75, 3.05) is 6.54 Å². The van der Waals surface area contributed by atoms with Crippen molar-refractivity contribution in [2.24, 2.45) is 0 Å². The van der Waals surface area contributed by atoms with Gasteiger partial charge in [0.2, 0.25) is 10.0 Å². The van der Waals surface area contributed by atoms with E-state index in [0.717, 1.165) is 12.0 Å². The SMILES string of the molecule is Cc1ccc(OCc2nc(C3CCCN3S(=O)(=O)c3cccnc3)no2)cc1. The van der Waals surface area contributed by atoms with E-state index in [0.29, 0.717) is 30.4 Å². The monoisotopic (exact) mass is 400 g/mol. The fourth-order valence-electron chi connectivity index (χ4n) is 3.16. The summed E-state index contributed by atoms with van der Waals surface area (Å²) in [5.41, 5.74) is 1.14. The molecular weight excluding hydrogens is 380 g/mol. The second kappa shape index (κ2) is 7.69. The smallest absolute Gasteiger partial charge is 0.264 e. The highest BCUT2D eigenvalue weighted by atomic mass is 32.2. The molecule has 9 heteroatoms. The number of hydrogen-bond donors (Lipinski definition) is 0. The average Bonchev–Trinajstić information content (AvgIpc) is 3.38. The average molecular weight is 400 g/mol. The van der Waals surface area contributed by atoms with Crippen LogP contribution in [0.15, 0.2) is 58.2 Å². The minimum absolute atomic E-state index is 0.123. The van der Waals surface area contributed by atoms with E-state index in [-0.39, 0.29) is 11.5 Å². The van der Waals surface area contributed by atoms with Crippen LogP contribution in [0, 0.1) is 6.92 Å². The largest absolute Gasteiger partial charge is 0.484 e. The van der Waals surface area contributed by atoms with E-state index in [1.165, 1.54) is 16.6 Å². The Morgan fingerprint density at radius 1 is 1.25 bits per heavy atom. The van der Waals surface area contributed by atoms with Crippen LogP contribution in [0.5, 0.6) is 5.75 Å². The van der Waals surface area contributed by atoms with Gasteiger partial charge in [-0.3, -0.25) is 4.98 Å². The summed E-state index contributed by atoms with van der Waals surface area (Å²) in [5.74, 6) is 1.36. The van der Waals surface area contributed by atoms with Crippen LogP contribution < -0.4 is 4.74 Å². The van der Waals surface area contributed by atoms with Gasteiger partial charge in [-0.1, -0.05) is 22.9 Å². The number of rotatable bonds is 6. The summed E-state index contributed by atoms with van der Waals surface area (Å²) in [6, 6.07) is 10.3. The Morgan fingerprint density at radius 2 is 2.07 bits per heavy atom. The molecule has 1 saturated heterocycles. The Kier molecular flexibility index (Phi) is 5.10. The molecule has 1 fully saturated rings. The molecule has 0 aliphatic carbocycles. The van der Waals surface area contributed by atoms with E-state index in [1.807, 2.05) is 31.2 Å². The zero-order valence-corrected chi connectivity index (χ0v) is 16.2. The lowest BCUT2D eigenvalue weighted by Gasteiger charge is -2.21. The zero-order valence-electron chi connectivity index (χ0n) is 15.4. The van der Waals surface area contributed by atoms with Gasteiger partial charge in [0.05, 0.1) is 6.04 Å². The molecule has 8 nitrogen and oxygen atoms in total. The summed E-state index contributed by atoms with van der Waals surface area (Å²) in [7, 11) is -3.67. The minimum Gasteiger partial charge on any atom is -0.484 e. The molecule has 3 aromatic rings. The molecule has 1 aliphatic heterocycles. The predicted octanol–water partition coefficient (Wildman–Crippen LogP) is 2.88. The second-order valence-corrected chi connectivity index (χ2v) is 8.50. The summed E-state index contributed by atoms with van der Waals surface area (Å²) < 4.78 is 38.2.